The minimum atomic E-state index is -0.428. The first kappa shape index (κ1) is 7.15. The molecule has 0 amide bonds. The van der Waals surface area contributed by atoms with Gasteiger partial charge in [-0.25, -0.2) is 4.39 Å². The van der Waals surface area contributed by atoms with Crippen molar-refractivity contribution in [2.24, 2.45) is 0 Å². The number of hydrogen-bond donors (Lipinski definition) is 0. The quantitative estimate of drug-likeness (QED) is 0.481. The van der Waals surface area contributed by atoms with Crippen molar-refractivity contribution in [2.75, 3.05) is 0 Å². The number of halogens is 1. The van der Waals surface area contributed by atoms with Crippen LogP contribution in [-0.2, 0) is 0 Å². The van der Waals surface area contributed by atoms with Crippen LogP contribution < -0.4 is 0 Å². The van der Waals surface area contributed by atoms with Gasteiger partial charge in [0.2, 0.25) is 0 Å². The van der Waals surface area contributed by atoms with Gasteiger partial charge in [-0.2, -0.15) is 0 Å². The Labute approximate surface area is 49.0 Å². The summed E-state index contributed by atoms with van der Waals surface area (Å²) in [5.41, 5.74) is 0.789. The van der Waals surface area contributed by atoms with E-state index in [0.717, 1.165) is 5.57 Å². The van der Waals surface area contributed by atoms with E-state index in [1.807, 2.05) is 0 Å². The molecule has 0 heterocycles. The third kappa shape index (κ3) is 3.34. The third-order valence-corrected chi connectivity index (χ3v) is 0.706. The molecule has 0 nitrogen and oxygen atoms in total. The highest BCUT2D eigenvalue weighted by Crippen LogP contribution is 2.00. The maximum atomic E-state index is 11.8. The first-order chi connectivity index (χ1) is 3.66. The Morgan fingerprint density at radius 1 is 1.62 bits per heavy atom. The second-order valence-electron chi connectivity index (χ2n) is 1.54. The molecule has 0 fully saturated rings. The molecule has 0 atom stereocenters. The second-order valence-corrected chi connectivity index (χ2v) is 1.54. The summed E-state index contributed by atoms with van der Waals surface area (Å²) in [4.78, 5) is 0. The van der Waals surface area contributed by atoms with Gasteiger partial charge in [0.15, 0.2) is 0 Å². The van der Waals surface area contributed by atoms with Gasteiger partial charge in [-0.1, -0.05) is 19.2 Å². The van der Waals surface area contributed by atoms with E-state index in [4.69, 9.17) is 0 Å². The van der Waals surface area contributed by atoms with Crippen LogP contribution in [0, 0.1) is 0 Å². The molecule has 0 bridgehead atoms. The fourth-order valence-corrected chi connectivity index (χ4v) is 0.306. The first-order valence-electron chi connectivity index (χ1n) is 2.32. The van der Waals surface area contributed by atoms with E-state index in [1.54, 1.807) is 13.0 Å². The lowest BCUT2D eigenvalue weighted by atomic mass is 10.3. The average Bonchev–Trinajstić information content (AvgIpc) is 1.65. The molecule has 0 radical (unpaired) electrons. The number of hydrogen-bond acceptors (Lipinski definition) is 0. The molecule has 0 N–H and O–H groups in total. The fraction of sp³-hybridized carbons (Fsp3) is 0.143. The van der Waals surface area contributed by atoms with Gasteiger partial charge in [-0.3, -0.25) is 0 Å². The van der Waals surface area contributed by atoms with E-state index >= 15 is 0 Å². The zero-order valence-electron chi connectivity index (χ0n) is 4.95. The van der Waals surface area contributed by atoms with Crippen LogP contribution in [0.25, 0.3) is 0 Å². The summed E-state index contributed by atoms with van der Waals surface area (Å²) in [5, 5.41) is 0. The lowest BCUT2D eigenvalue weighted by molar-refractivity contribution is 0.670. The van der Waals surface area contributed by atoms with Gasteiger partial charge in [0, 0.05) is 0 Å². The summed E-state index contributed by atoms with van der Waals surface area (Å²) in [6, 6.07) is 0. The SMILES string of the molecule is C=C/C(C)=C\C(=C)F. The standard InChI is InChI=1S/C7H9F/c1-4-6(2)5-7(3)8/h4-5H,1,3H2,2H3/b6-5-. The van der Waals surface area contributed by atoms with Crippen LogP contribution in [0.2, 0.25) is 0 Å². The van der Waals surface area contributed by atoms with E-state index in [0.29, 0.717) is 0 Å². The summed E-state index contributed by atoms with van der Waals surface area (Å²) in [6.07, 6.45) is 2.90. The summed E-state index contributed by atoms with van der Waals surface area (Å²) in [5.74, 6) is -0.428. The first-order valence-corrected chi connectivity index (χ1v) is 2.32. The number of rotatable bonds is 2. The fourth-order valence-electron chi connectivity index (χ4n) is 0.306. The predicted molar refractivity (Wildman–Crippen MR) is 34.2 cm³/mol. The summed E-state index contributed by atoms with van der Waals surface area (Å²) in [7, 11) is 0. The van der Waals surface area contributed by atoms with Crippen molar-refractivity contribution < 1.29 is 4.39 Å². The van der Waals surface area contributed by atoms with Crippen LogP contribution in [0.1, 0.15) is 6.92 Å². The van der Waals surface area contributed by atoms with E-state index in [9.17, 15) is 4.39 Å². The highest BCUT2D eigenvalue weighted by Gasteiger charge is 1.80. The Balaban J connectivity index is 3.94. The summed E-state index contributed by atoms with van der Waals surface area (Å²) < 4.78 is 11.8. The minimum absolute atomic E-state index is 0.428. The molecule has 0 saturated carbocycles. The highest BCUT2D eigenvalue weighted by molar-refractivity contribution is 5.21. The molecule has 0 aromatic carbocycles. The maximum absolute atomic E-state index is 11.8. The molecular formula is C7H9F. The second kappa shape index (κ2) is 3.19. The Morgan fingerprint density at radius 3 is 2.25 bits per heavy atom. The van der Waals surface area contributed by atoms with Gasteiger partial charge < -0.3 is 0 Å². The molecular weight excluding hydrogens is 103 g/mol. The van der Waals surface area contributed by atoms with Gasteiger partial charge in [-0.15, -0.1) is 0 Å². The van der Waals surface area contributed by atoms with Crippen LogP contribution >= 0.6 is 0 Å². The average molecular weight is 112 g/mol. The van der Waals surface area contributed by atoms with Gasteiger partial charge in [0.25, 0.3) is 0 Å². The van der Waals surface area contributed by atoms with Crippen LogP contribution in [0.3, 0.4) is 0 Å². The highest BCUT2D eigenvalue weighted by atomic mass is 19.1. The molecule has 0 aromatic rings. The largest absolute Gasteiger partial charge is 0.208 e. The normalized spacial score (nSPS) is 11.0. The van der Waals surface area contributed by atoms with Crippen molar-refractivity contribution in [2.45, 2.75) is 6.92 Å². The summed E-state index contributed by atoms with van der Waals surface area (Å²) >= 11 is 0. The van der Waals surface area contributed by atoms with Crippen molar-refractivity contribution in [3.63, 3.8) is 0 Å². The predicted octanol–water partition coefficient (Wildman–Crippen LogP) is 2.60. The van der Waals surface area contributed by atoms with Crippen LogP contribution in [0.15, 0.2) is 36.7 Å². The van der Waals surface area contributed by atoms with Crippen LogP contribution in [0.4, 0.5) is 4.39 Å². The molecule has 44 valence electrons. The Bertz CT molecular complexity index is 131. The van der Waals surface area contributed by atoms with Gasteiger partial charge in [-0.05, 0) is 18.6 Å². The Hall–Kier alpha value is -0.850. The van der Waals surface area contributed by atoms with Crippen molar-refractivity contribution >= 4 is 0 Å². The van der Waals surface area contributed by atoms with Crippen LogP contribution in [-0.4, -0.2) is 0 Å². The van der Waals surface area contributed by atoms with E-state index in [1.165, 1.54) is 6.08 Å². The minimum Gasteiger partial charge on any atom is -0.208 e. The van der Waals surface area contributed by atoms with E-state index in [2.05, 4.69) is 13.2 Å². The lowest BCUT2D eigenvalue weighted by Gasteiger charge is -1.84. The topological polar surface area (TPSA) is 0 Å². The molecule has 0 aromatic heterocycles. The molecule has 0 aliphatic rings. The molecule has 0 aliphatic heterocycles. The third-order valence-electron chi connectivity index (χ3n) is 0.706. The number of allylic oxidation sites excluding steroid dienone is 4. The molecule has 0 rings (SSSR count). The zero-order valence-corrected chi connectivity index (χ0v) is 4.95. The molecule has 0 unspecified atom stereocenters. The monoisotopic (exact) mass is 112 g/mol. The Kier molecular flexibility index (Phi) is 2.85. The van der Waals surface area contributed by atoms with Crippen molar-refractivity contribution in [3.8, 4) is 0 Å². The molecule has 0 aliphatic carbocycles. The van der Waals surface area contributed by atoms with E-state index in [-0.39, 0.29) is 0 Å². The van der Waals surface area contributed by atoms with Crippen molar-refractivity contribution in [3.05, 3.63) is 36.7 Å². The van der Waals surface area contributed by atoms with Gasteiger partial charge >= 0.3 is 0 Å². The molecule has 0 spiro atoms. The smallest absolute Gasteiger partial charge is 0.116 e. The van der Waals surface area contributed by atoms with Gasteiger partial charge in [0.1, 0.15) is 5.83 Å². The molecule has 8 heavy (non-hydrogen) atoms. The molecule has 1 heteroatoms. The zero-order chi connectivity index (χ0) is 6.57. The van der Waals surface area contributed by atoms with Crippen LogP contribution in [0.5, 0.6) is 0 Å². The van der Waals surface area contributed by atoms with Gasteiger partial charge in [0.05, 0.1) is 0 Å². The molecule has 0 saturated heterocycles. The van der Waals surface area contributed by atoms with E-state index < -0.39 is 5.83 Å². The van der Waals surface area contributed by atoms with Crippen molar-refractivity contribution in [1.29, 1.82) is 0 Å². The summed E-state index contributed by atoms with van der Waals surface area (Å²) in [6.45, 7) is 8.25. The Morgan fingerprint density at radius 2 is 2.12 bits per heavy atom. The maximum Gasteiger partial charge on any atom is 0.116 e. The lowest BCUT2D eigenvalue weighted by Crippen LogP contribution is -1.65. The van der Waals surface area contributed by atoms with Crippen molar-refractivity contribution in [1.82, 2.24) is 0 Å².